The van der Waals surface area contributed by atoms with Crippen molar-refractivity contribution in [1.29, 1.82) is 0 Å². The van der Waals surface area contributed by atoms with Gasteiger partial charge in [-0.15, -0.1) is 0 Å². The quantitative estimate of drug-likeness (QED) is 0.637. The van der Waals surface area contributed by atoms with E-state index in [1.165, 1.54) is 11.1 Å². The maximum Gasteiger partial charge on any atom is 0.262 e. The fraction of sp³-hybridized carbons (Fsp3) is 0.174. The monoisotopic (exact) mass is 361 g/mol. The van der Waals surface area contributed by atoms with E-state index in [1.54, 1.807) is 12.1 Å². The van der Waals surface area contributed by atoms with E-state index >= 15 is 0 Å². The minimum atomic E-state index is -0.196. The van der Waals surface area contributed by atoms with E-state index in [2.05, 4.69) is 5.32 Å². The van der Waals surface area contributed by atoms with Crippen LogP contribution in [0.2, 0.25) is 0 Å². The molecule has 0 aliphatic heterocycles. The molecule has 0 aromatic heterocycles. The molecule has 3 rings (SSSR count). The highest BCUT2D eigenvalue weighted by Gasteiger charge is 2.05. The van der Waals surface area contributed by atoms with E-state index in [-0.39, 0.29) is 12.5 Å². The number of hydrogen-bond acceptors (Lipinski definition) is 3. The van der Waals surface area contributed by atoms with Crippen LogP contribution in [0.25, 0.3) is 0 Å². The van der Waals surface area contributed by atoms with Gasteiger partial charge in [0.1, 0.15) is 17.2 Å². The van der Waals surface area contributed by atoms with Crippen LogP contribution in [0.4, 0.5) is 5.69 Å². The Hall–Kier alpha value is -3.27. The van der Waals surface area contributed by atoms with Crippen molar-refractivity contribution in [3.05, 3.63) is 83.4 Å². The summed E-state index contributed by atoms with van der Waals surface area (Å²) in [5, 5.41) is 2.84. The van der Waals surface area contributed by atoms with Gasteiger partial charge >= 0.3 is 0 Å². The molecular formula is C23H23NO3. The number of benzene rings is 3. The minimum Gasteiger partial charge on any atom is -0.484 e. The van der Waals surface area contributed by atoms with Crippen LogP contribution in [0.15, 0.2) is 66.7 Å². The van der Waals surface area contributed by atoms with E-state index < -0.39 is 0 Å². The second-order valence-electron chi connectivity index (χ2n) is 6.52. The number of anilines is 1. The van der Waals surface area contributed by atoms with E-state index in [1.807, 2.05) is 75.4 Å². The first-order chi connectivity index (χ1) is 13.0. The van der Waals surface area contributed by atoms with Crippen molar-refractivity contribution in [1.82, 2.24) is 0 Å². The highest BCUT2D eigenvalue weighted by Crippen LogP contribution is 2.24. The summed E-state index contributed by atoms with van der Waals surface area (Å²) in [6.45, 7) is 6.04. The Morgan fingerprint density at radius 2 is 1.37 bits per heavy atom. The third kappa shape index (κ3) is 5.35. The molecule has 0 spiro atoms. The first kappa shape index (κ1) is 18.5. The second kappa shape index (κ2) is 8.41. The van der Waals surface area contributed by atoms with Crippen molar-refractivity contribution in [2.75, 3.05) is 11.9 Å². The normalized spacial score (nSPS) is 10.3. The lowest BCUT2D eigenvalue weighted by atomic mass is 10.1. The molecule has 0 aliphatic rings. The number of rotatable bonds is 6. The lowest BCUT2D eigenvalue weighted by Crippen LogP contribution is -2.20. The molecule has 3 aromatic carbocycles. The van der Waals surface area contributed by atoms with Gasteiger partial charge in [0.25, 0.3) is 5.91 Å². The molecule has 1 N–H and O–H groups in total. The van der Waals surface area contributed by atoms with Crippen molar-refractivity contribution in [2.45, 2.75) is 20.8 Å². The number of carbonyl (C=O) groups is 1. The number of aryl methyl sites for hydroxylation is 3. The molecular weight excluding hydrogens is 338 g/mol. The third-order valence-electron chi connectivity index (χ3n) is 4.24. The Balaban J connectivity index is 1.51. The fourth-order valence-electron chi connectivity index (χ4n) is 2.51. The smallest absolute Gasteiger partial charge is 0.262 e. The Morgan fingerprint density at radius 3 is 2.00 bits per heavy atom. The van der Waals surface area contributed by atoms with E-state index in [0.29, 0.717) is 11.5 Å². The molecule has 0 unspecified atom stereocenters. The molecule has 27 heavy (non-hydrogen) atoms. The zero-order valence-electron chi connectivity index (χ0n) is 15.8. The summed E-state index contributed by atoms with van der Waals surface area (Å²) in [4.78, 5) is 12.1. The number of amides is 1. The maximum atomic E-state index is 12.1. The highest BCUT2D eigenvalue weighted by atomic mass is 16.5. The average molecular weight is 361 g/mol. The molecule has 3 aromatic rings. The fourth-order valence-corrected chi connectivity index (χ4v) is 2.51. The van der Waals surface area contributed by atoms with Gasteiger partial charge in [0.2, 0.25) is 0 Å². The Bertz CT molecular complexity index is 915. The molecule has 138 valence electrons. The molecule has 0 aliphatic carbocycles. The van der Waals surface area contributed by atoms with Gasteiger partial charge in [0.05, 0.1) is 0 Å². The van der Waals surface area contributed by atoms with Crippen LogP contribution in [0.1, 0.15) is 16.7 Å². The Morgan fingerprint density at radius 1 is 0.778 bits per heavy atom. The molecule has 0 bridgehead atoms. The van der Waals surface area contributed by atoms with Gasteiger partial charge in [-0.2, -0.15) is 0 Å². The zero-order valence-corrected chi connectivity index (χ0v) is 15.8. The lowest BCUT2D eigenvalue weighted by Gasteiger charge is -2.10. The number of nitrogens with one attached hydrogen (secondary N) is 1. The second-order valence-corrected chi connectivity index (χ2v) is 6.52. The van der Waals surface area contributed by atoms with E-state index in [4.69, 9.17) is 9.47 Å². The molecule has 0 fully saturated rings. The molecule has 4 nitrogen and oxygen atoms in total. The van der Waals surface area contributed by atoms with Crippen molar-refractivity contribution in [2.24, 2.45) is 0 Å². The summed E-state index contributed by atoms with van der Waals surface area (Å²) in [5.74, 6) is 1.91. The van der Waals surface area contributed by atoms with Gasteiger partial charge in [0, 0.05) is 5.69 Å². The summed E-state index contributed by atoms with van der Waals surface area (Å²) in [6, 6.07) is 20.9. The number of carbonyl (C=O) groups excluding carboxylic acids is 1. The first-order valence-electron chi connectivity index (χ1n) is 8.84. The van der Waals surface area contributed by atoms with Crippen LogP contribution in [0, 0.1) is 20.8 Å². The van der Waals surface area contributed by atoms with Crippen LogP contribution in [-0.4, -0.2) is 12.5 Å². The van der Waals surface area contributed by atoms with Crippen LogP contribution in [0.3, 0.4) is 0 Å². The maximum absolute atomic E-state index is 12.1. The average Bonchev–Trinajstić information content (AvgIpc) is 2.66. The number of ether oxygens (including phenoxy) is 2. The molecule has 0 radical (unpaired) electrons. The minimum absolute atomic E-state index is 0.0505. The molecule has 4 heteroatoms. The van der Waals surface area contributed by atoms with Gasteiger partial charge < -0.3 is 14.8 Å². The summed E-state index contributed by atoms with van der Waals surface area (Å²) in [6.07, 6.45) is 0. The number of hydrogen-bond donors (Lipinski definition) is 1. The Kier molecular flexibility index (Phi) is 5.77. The third-order valence-corrected chi connectivity index (χ3v) is 4.24. The van der Waals surface area contributed by atoms with E-state index in [9.17, 15) is 4.79 Å². The molecule has 0 heterocycles. The summed E-state index contributed by atoms with van der Waals surface area (Å²) in [7, 11) is 0. The van der Waals surface area contributed by atoms with Gasteiger partial charge in [-0.05, 0) is 80.4 Å². The predicted molar refractivity (Wildman–Crippen MR) is 108 cm³/mol. The van der Waals surface area contributed by atoms with Gasteiger partial charge in [-0.1, -0.05) is 23.8 Å². The van der Waals surface area contributed by atoms with Crippen LogP contribution in [0.5, 0.6) is 17.2 Å². The van der Waals surface area contributed by atoms with Gasteiger partial charge in [-0.3, -0.25) is 4.79 Å². The van der Waals surface area contributed by atoms with Crippen LogP contribution >= 0.6 is 0 Å². The largest absolute Gasteiger partial charge is 0.484 e. The standard InChI is InChI=1S/C23H23NO3/c1-16-4-8-21(9-5-16)27-22-12-10-20(11-13-22)26-15-23(25)24-19-7-6-17(2)18(3)14-19/h4-14H,15H2,1-3H3,(H,24,25). The SMILES string of the molecule is Cc1ccc(Oc2ccc(OCC(=O)Nc3ccc(C)c(C)c3)cc2)cc1. The van der Waals surface area contributed by atoms with Gasteiger partial charge in [0.15, 0.2) is 6.61 Å². The molecule has 0 atom stereocenters. The van der Waals surface area contributed by atoms with E-state index in [0.717, 1.165) is 17.0 Å². The predicted octanol–water partition coefficient (Wildman–Crippen LogP) is 5.42. The first-order valence-corrected chi connectivity index (χ1v) is 8.84. The van der Waals surface area contributed by atoms with Crippen molar-refractivity contribution < 1.29 is 14.3 Å². The molecule has 0 saturated carbocycles. The zero-order chi connectivity index (χ0) is 19.2. The summed E-state index contributed by atoms with van der Waals surface area (Å²) < 4.78 is 11.3. The Labute approximate surface area is 159 Å². The van der Waals surface area contributed by atoms with Crippen molar-refractivity contribution >= 4 is 11.6 Å². The highest BCUT2D eigenvalue weighted by molar-refractivity contribution is 5.92. The summed E-state index contributed by atoms with van der Waals surface area (Å²) in [5.41, 5.74) is 4.29. The molecule has 1 amide bonds. The van der Waals surface area contributed by atoms with Crippen LogP contribution in [-0.2, 0) is 4.79 Å². The van der Waals surface area contributed by atoms with Crippen LogP contribution < -0.4 is 14.8 Å². The molecule has 0 saturated heterocycles. The van der Waals surface area contributed by atoms with Gasteiger partial charge in [-0.25, -0.2) is 0 Å². The summed E-state index contributed by atoms with van der Waals surface area (Å²) >= 11 is 0. The van der Waals surface area contributed by atoms with Crippen molar-refractivity contribution in [3.63, 3.8) is 0 Å². The topological polar surface area (TPSA) is 47.6 Å². The van der Waals surface area contributed by atoms with Crippen molar-refractivity contribution in [3.8, 4) is 17.2 Å². The lowest BCUT2D eigenvalue weighted by molar-refractivity contribution is -0.118.